The van der Waals surface area contributed by atoms with Gasteiger partial charge in [-0.2, -0.15) is 0 Å². The molecule has 0 saturated carbocycles. The van der Waals surface area contributed by atoms with E-state index in [4.69, 9.17) is 10.5 Å². The van der Waals surface area contributed by atoms with Crippen molar-refractivity contribution in [2.45, 2.75) is 17.1 Å². The van der Waals surface area contributed by atoms with E-state index in [1.807, 2.05) is 48.3 Å². The van der Waals surface area contributed by atoms with E-state index in [0.717, 1.165) is 31.0 Å². The highest BCUT2D eigenvalue weighted by molar-refractivity contribution is 8.01. The third-order valence-corrected chi connectivity index (χ3v) is 4.40. The molecule has 0 aliphatic heterocycles. The lowest BCUT2D eigenvalue weighted by Gasteiger charge is -2.05. The zero-order chi connectivity index (χ0) is 12.6. The van der Waals surface area contributed by atoms with Crippen LogP contribution in [0.3, 0.4) is 0 Å². The third kappa shape index (κ3) is 4.58. The van der Waals surface area contributed by atoms with Crippen LogP contribution in [-0.4, -0.2) is 17.3 Å². The molecule has 1 heterocycles. The van der Waals surface area contributed by atoms with Crippen molar-refractivity contribution in [3.63, 3.8) is 0 Å². The molecule has 2 N–H and O–H groups in total. The fourth-order valence-corrected chi connectivity index (χ4v) is 3.26. The molecule has 0 saturated heterocycles. The SMILES string of the molecule is Nc1ncc(SCCCCOc2ccccc2)s1. The van der Waals surface area contributed by atoms with Crippen molar-refractivity contribution in [2.24, 2.45) is 0 Å². The van der Waals surface area contributed by atoms with Crippen molar-refractivity contribution in [3.05, 3.63) is 36.5 Å². The highest BCUT2D eigenvalue weighted by Crippen LogP contribution is 2.26. The Morgan fingerprint density at radius 2 is 2.06 bits per heavy atom. The van der Waals surface area contributed by atoms with E-state index in [0.29, 0.717) is 5.13 Å². The van der Waals surface area contributed by atoms with E-state index in [-0.39, 0.29) is 0 Å². The van der Waals surface area contributed by atoms with E-state index in [9.17, 15) is 0 Å². The lowest BCUT2D eigenvalue weighted by molar-refractivity contribution is 0.310. The molecule has 3 nitrogen and oxygen atoms in total. The Hall–Kier alpha value is -1.20. The Labute approximate surface area is 115 Å². The molecule has 2 aromatic rings. The van der Waals surface area contributed by atoms with Gasteiger partial charge in [-0.1, -0.05) is 29.5 Å². The van der Waals surface area contributed by atoms with E-state index < -0.39 is 0 Å². The molecule has 1 aromatic heterocycles. The number of aromatic nitrogens is 1. The highest BCUT2D eigenvalue weighted by atomic mass is 32.2. The Balaban J connectivity index is 1.54. The number of unbranched alkanes of at least 4 members (excludes halogenated alkanes) is 1. The van der Waals surface area contributed by atoms with Gasteiger partial charge in [0.25, 0.3) is 0 Å². The average molecular weight is 280 g/mol. The maximum atomic E-state index is 5.62. The van der Waals surface area contributed by atoms with Gasteiger partial charge in [0.05, 0.1) is 17.0 Å². The molecule has 0 bridgehead atoms. The predicted molar refractivity (Wildman–Crippen MR) is 78.4 cm³/mol. The van der Waals surface area contributed by atoms with Crippen molar-refractivity contribution in [2.75, 3.05) is 18.1 Å². The van der Waals surface area contributed by atoms with Gasteiger partial charge in [-0.05, 0) is 30.7 Å². The smallest absolute Gasteiger partial charge is 0.181 e. The van der Waals surface area contributed by atoms with Crippen molar-refractivity contribution >= 4 is 28.2 Å². The fourth-order valence-electron chi connectivity index (χ4n) is 1.42. The van der Waals surface area contributed by atoms with Crippen LogP contribution in [0.4, 0.5) is 5.13 Å². The quantitative estimate of drug-likeness (QED) is 0.621. The second-order valence-electron chi connectivity index (χ2n) is 3.73. The molecule has 0 unspecified atom stereocenters. The zero-order valence-electron chi connectivity index (χ0n) is 10.0. The minimum atomic E-state index is 0.643. The summed E-state index contributed by atoms with van der Waals surface area (Å²) in [5.74, 6) is 2.03. The van der Waals surface area contributed by atoms with E-state index in [2.05, 4.69) is 4.98 Å². The minimum Gasteiger partial charge on any atom is -0.494 e. The lowest BCUT2D eigenvalue weighted by atomic mass is 10.3. The van der Waals surface area contributed by atoms with Crippen LogP contribution in [0.15, 0.2) is 40.7 Å². The molecule has 1 aromatic carbocycles. The average Bonchev–Trinajstić information content (AvgIpc) is 2.81. The van der Waals surface area contributed by atoms with E-state index in [1.54, 1.807) is 11.3 Å². The number of thiazole rings is 1. The van der Waals surface area contributed by atoms with E-state index >= 15 is 0 Å². The molecule has 0 aliphatic carbocycles. The largest absolute Gasteiger partial charge is 0.494 e. The van der Waals surface area contributed by atoms with Gasteiger partial charge in [-0.3, -0.25) is 0 Å². The molecule has 0 amide bonds. The molecule has 0 fully saturated rings. The Morgan fingerprint density at radius 3 is 2.78 bits per heavy atom. The van der Waals surface area contributed by atoms with Crippen LogP contribution in [0.2, 0.25) is 0 Å². The fraction of sp³-hybridized carbons (Fsp3) is 0.308. The minimum absolute atomic E-state index is 0.643. The Morgan fingerprint density at radius 1 is 1.22 bits per heavy atom. The van der Waals surface area contributed by atoms with Gasteiger partial charge in [0.1, 0.15) is 5.75 Å². The van der Waals surface area contributed by atoms with E-state index in [1.165, 1.54) is 4.21 Å². The van der Waals surface area contributed by atoms with Crippen molar-refractivity contribution in [3.8, 4) is 5.75 Å². The summed E-state index contributed by atoms with van der Waals surface area (Å²) in [7, 11) is 0. The highest BCUT2D eigenvalue weighted by Gasteiger charge is 1.99. The predicted octanol–water partition coefficient (Wildman–Crippen LogP) is 3.68. The number of para-hydroxylation sites is 1. The normalized spacial score (nSPS) is 10.4. The molecule has 0 radical (unpaired) electrons. The van der Waals surface area contributed by atoms with Crippen molar-refractivity contribution in [1.29, 1.82) is 0 Å². The van der Waals surface area contributed by atoms with Gasteiger partial charge in [0.15, 0.2) is 5.13 Å². The standard InChI is InChI=1S/C13H16N2OS2/c14-13-15-10-12(18-13)17-9-5-4-8-16-11-6-2-1-3-7-11/h1-3,6-7,10H,4-5,8-9H2,(H2,14,15). The molecular formula is C13H16N2OS2. The maximum Gasteiger partial charge on any atom is 0.181 e. The molecular weight excluding hydrogens is 264 g/mol. The number of benzene rings is 1. The number of nitrogens with zero attached hydrogens (tertiary/aromatic N) is 1. The third-order valence-electron chi connectivity index (χ3n) is 2.30. The summed E-state index contributed by atoms with van der Waals surface area (Å²) >= 11 is 3.35. The van der Waals surface area contributed by atoms with Crippen LogP contribution < -0.4 is 10.5 Å². The number of thioether (sulfide) groups is 1. The first-order valence-corrected chi connectivity index (χ1v) is 7.67. The van der Waals surface area contributed by atoms with Crippen LogP contribution >= 0.6 is 23.1 Å². The van der Waals surface area contributed by atoms with Crippen LogP contribution in [-0.2, 0) is 0 Å². The zero-order valence-corrected chi connectivity index (χ0v) is 11.7. The van der Waals surface area contributed by atoms with Gasteiger partial charge >= 0.3 is 0 Å². The Kier molecular flexibility index (Phi) is 5.36. The number of anilines is 1. The van der Waals surface area contributed by atoms with Gasteiger partial charge < -0.3 is 10.5 Å². The van der Waals surface area contributed by atoms with Gasteiger partial charge in [-0.25, -0.2) is 4.98 Å². The number of hydrogen-bond acceptors (Lipinski definition) is 5. The van der Waals surface area contributed by atoms with Gasteiger partial charge in [0, 0.05) is 0 Å². The van der Waals surface area contributed by atoms with Crippen molar-refractivity contribution in [1.82, 2.24) is 4.98 Å². The molecule has 5 heteroatoms. The number of nitrogen functional groups attached to an aromatic ring is 1. The monoisotopic (exact) mass is 280 g/mol. The van der Waals surface area contributed by atoms with Crippen LogP contribution in [0.25, 0.3) is 0 Å². The van der Waals surface area contributed by atoms with Crippen LogP contribution in [0, 0.1) is 0 Å². The Bertz CT molecular complexity index is 459. The molecule has 0 spiro atoms. The topological polar surface area (TPSA) is 48.1 Å². The maximum absolute atomic E-state index is 5.62. The number of rotatable bonds is 7. The molecule has 96 valence electrons. The summed E-state index contributed by atoms with van der Waals surface area (Å²) in [5.41, 5.74) is 5.57. The van der Waals surface area contributed by atoms with Crippen LogP contribution in [0.5, 0.6) is 5.75 Å². The summed E-state index contributed by atoms with van der Waals surface area (Å²) < 4.78 is 6.81. The second-order valence-corrected chi connectivity index (χ2v) is 6.19. The lowest BCUT2D eigenvalue weighted by Crippen LogP contribution is -1.97. The molecule has 0 atom stereocenters. The number of hydrogen-bond donors (Lipinski definition) is 1. The first kappa shape index (κ1) is 13.2. The second kappa shape index (κ2) is 7.28. The molecule has 0 aliphatic rings. The molecule has 18 heavy (non-hydrogen) atoms. The summed E-state index contributed by atoms with van der Waals surface area (Å²) in [6.07, 6.45) is 4.04. The van der Waals surface area contributed by atoms with Crippen molar-refractivity contribution < 1.29 is 4.74 Å². The summed E-state index contributed by atoms with van der Waals surface area (Å²) in [5, 5.41) is 0.643. The summed E-state index contributed by atoms with van der Waals surface area (Å²) in [6.45, 7) is 0.773. The first-order valence-electron chi connectivity index (χ1n) is 5.86. The first-order chi connectivity index (χ1) is 8.84. The van der Waals surface area contributed by atoms with Gasteiger partial charge in [0.2, 0.25) is 0 Å². The number of nitrogens with two attached hydrogens (primary N) is 1. The van der Waals surface area contributed by atoms with Gasteiger partial charge in [-0.15, -0.1) is 11.8 Å². The number of ether oxygens (including phenoxy) is 1. The van der Waals surface area contributed by atoms with Crippen LogP contribution in [0.1, 0.15) is 12.8 Å². The summed E-state index contributed by atoms with van der Waals surface area (Å²) in [4.78, 5) is 4.02. The summed E-state index contributed by atoms with van der Waals surface area (Å²) in [6, 6.07) is 9.92. The molecule has 2 rings (SSSR count).